The van der Waals surface area contributed by atoms with Crippen molar-refractivity contribution < 1.29 is 0 Å². The zero-order valence-corrected chi connectivity index (χ0v) is 10.2. The molecular formula is C12H20N4. The molecule has 0 radical (unpaired) electrons. The first-order chi connectivity index (χ1) is 7.76. The maximum Gasteiger partial charge on any atom is 0.226 e. The molecule has 0 fully saturated rings. The lowest BCUT2D eigenvalue weighted by molar-refractivity contribution is 0.542. The minimum atomic E-state index is 0.624. The number of hydrogen-bond donors (Lipinski definition) is 2. The standard InChI is InChI=1S/C12H20N4/c1-4-10(2)8-11(13-3)9-16-12-14-6-5-7-15-12/h5-7,9-10,13H,4,8H2,1-3H3,(H,14,15,16)/b11-9-. The summed E-state index contributed by atoms with van der Waals surface area (Å²) in [5, 5.41) is 6.26. The monoisotopic (exact) mass is 220 g/mol. The second kappa shape index (κ2) is 6.82. The summed E-state index contributed by atoms with van der Waals surface area (Å²) < 4.78 is 0. The van der Waals surface area contributed by atoms with Gasteiger partial charge in [0, 0.05) is 31.3 Å². The van der Waals surface area contributed by atoms with Crippen LogP contribution in [0.3, 0.4) is 0 Å². The number of hydrogen-bond acceptors (Lipinski definition) is 4. The fourth-order valence-electron chi connectivity index (χ4n) is 1.28. The molecule has 0 aromatic carbocycles. The van der Waals surface area contributed by atoms with E-state index < -0.39 is 0 Å². The van der Waals surface area contributed by atoms with E-state index in [1.54, 1.807) is 18.5 Å². The molecular weight excluding hydrogens is 200 g/mol. The molecule has 1 rings (SSSR count). The molecule has 4 heteroatoms. The fourth-order valence-corrected chi connectivity index (χ4v) is 1.28. The van der Waals surface area contributed by atoms with Crippen LogP contribution in [0.25, 0.3) is 0 Å². The van der Waals surface area contributed by atoms with Crippen molar-refractivity contribution in [2.45, 2.75) is 26.7 Å². The Kier molecular flexibility index (Phi) is 5.32. The second-order valence-electron chi connectivity index (χ2n) is 3.85. The van der Waals surface area contributed by atoms with Crippen LogP contribution >= 0.6 is 0 Å². The average molecular weight is 220 g/mol. The van der Waals surface area contributed by atoms with E-state index in [9.17, 15) is 0 Å². The maximum atomic E-state index is 4.09. The summed E-state index contributed by atoms with van der Waals surface area (Å²) in [6.07, 6.45) is 7.59. The number of allylic oxidation sites excluding steroid dienone is 1. The van der Waals surface area contributed by atoms with Gasteiger partial charge in [-0.1, -0.05) is 20.3 Å². The molecule has 0 saturated heterocycles. The molecule has 1 aromatic rings. The Labute approximate surface area is 97.2 Å². The lowest BCUT2D eigenvalue weighted by Gasteiger charge is -2.12. The summed E-state index contributed by atoms with van der Waals surface area (Å²) in [6.45, 7) is 4.44. The van der Waals surface area contributed by atoms with E-state index in [2.05, 4.69) is 34.4 Å². The van der Waals surface area contributed by atoms with E-state index in [0.717, 1.165) is 6.42 Å². The van der Waals surface area contributed by atoms with Crippen molar-refractivity contribution in [3.63, 3.8) is 0 Å². The summed E-state index contributed by atoms with van der Waals surface area (Å²) >= 11 is 0. The first kappa shape index (κ1) is 12.5. The van der Waals surface area contributed by atoms with Gasteiger partial charge in [0.1, 0.15) is 0 Å². The van der Waals surface area contributed by atoms with E-state index in [1.165, 1.54) is 12.1 Å². The van der Waals surface area contributed by atoms with Gasteiger partial charge >= 0.3 is 0 Å². The van der Waals surface area contributed by atoms with Crippen LogP contribution in [0, 0.1) is 5.92 Å². The van der Waals surface area contributed by atoms with Gasteiger partial charge in [-0.15, -0.1) is 0 Å². The number of anilines is 1. The maximum absolute atomic E-state index is 4.09. The molecule has 88 valence electrons. The number of aromatic nitrogens is 2. The van der Waals surface area contributed by atoms with Crippen LogP contribution in [0.2, 0.25) is 0 Å². The summed E-state index contributed by atoms with van der Waals surface area (Å²) in [5.74, 6) is 1.30. The molecule has 0 saturated carbocycles. The quantitative estimate of drug-likeness (QED) is 0.773. The van der Waals surface area contributed by atoms with E-state index in [1.807, 2.05) is 13.2 Å². The van der Waals surface area contributed by atoms with Crippen molar-refractivity contribution in [2.24, 2.45) is 5.92 Å². The molecule has 1 atom stereocenters. The SMILES string of the molecule is CCC(C)C/C(=C/Nc1ncccn1)NC. The Bertz CT molecular complexity index is 321. The van der Waals surface area contributed by atoms with Crippen molar-refractivity contribution in [1.29, 1.82) is 0 Å². The Morgan fingerprint density at radius 3 is 2.69 bits per heavy atom. The van der Waals surface area contributed by atoms with Gasteiger partial charge in [-0.2, -0.15) is 0 Å². The fraction of sp³-hybridized carbons (Fsp3) is 0.500. The highest BCUT2D eigenvalue weighted by atomic mass is 15.1. The number of nitrogens with zero attached hydrogens (tertiary/aromatic N) is 2. The largest absolute Gasteiger partial charge is 0.390 e. The zero-order chi connectivity index (χ0) is 11.8. The molecule has 16 heavy (non-hydrogen) atoms. The predicted molar refractivity (Wildman–Crippen MR) is 66.9 cm³/mol. The van der Waals surface area contributed by atoms with Crippen molar-refractivity contribution in [2.75, 3.05) is 12.4 Å². The van der Waals surface area contributed by atoms with Crippen molar-refractivity contribution in [1.82, 2.24) is 15.3 Å². The minimum absolute atomic E-state index is 0.624. The minimum Gasteiger partial charge on any atom is -0.390 e. The topological polar surface area (TPSA) is 49.8 Å². The van der Waals surface area contributed by atoms with Gasteiger partial charge in [-0.25, -0.2) is 9.97 Å². The van der Waals surface area contributed by atoms with Crippen LogP contribution in [-0.4, -0.2) is 17.0 Å². The van der Waals surface area contributed by atoms with Gasteiger partial charge in [0.2, 0.25) is 5.95 Å². The molecule has 0 aliphatic carbocycles. The van der Waals surface area contributed by atoms with Crippen molar-refractivity contribution in [3.05, 3.63) is 30.4 Å². The summed E-state index contributed by atoms with van der Waals surface area (Å²) in [6, 6.07) is 1.80. The Hall–Kier alpha value is -1.58. The van der Waals surface area contributed by atoms with E-state index in [4.69, 9.17) is 0 Å². The highest BCUT2D eigenvalue weighted by molar-refractivity contribution is 5.28. The van der Waals surface area contributed by atoms with Gasteiger partial charge in [0.15, 0.2) is 0 Å². The lowest BCUT2D eigenvalue weighted by Crippen LogP contribution is -2.11. The molecule has 2 N–H and O–H groups in total. The molecule has 1 unspecified atom stereocenters. The van der Waals surface area contributed by atoms with Crippen molar-refractivity contribution >= 4 is 5.95 Å². The van der Waals surface area contributed by atoms with E-state index >= 15 is 0 Å². The molecule has 0 spiro atoms. The summed E-state index contributed by atoms with van der Waals surface area (Å²) in [5.41, 5.74) is 1.17. The highest BCUT2D eigenvalue weighted by Gasteiger charge is 2.02. The van der Waals surface area contributed by atoms with Crippen LogP contribution in [-0.2, 0) is 0 Å². The van der Waals surface area contributed by atoms with Gasteiger partial charge in [0.25, 0.3) is 0 Å². The van der Waals surface area contributed by atoms with Crippen molar-refractivity contribution in [3.8, 4) is 0 Å². The lowest BCUT2D eigenvalue weighted by atomic mass is 10.0. The molecule has 0 bridgehead atoms. The third kappa shape index (κ3) is 4.29. The van der Waals surface area contributed by atoms with Gasteiger partial charge in [0.05, 0.1) is 0 Å². The smallest absolute Gasteiger partial charge is 0.226 e. The van der Waals surface area contributed by atoms with Crippen LogP contribution in [0.15, 0.2) is 30.4 Å². The number of nitrogens with one attached hydrogen (secondary N) is 2. The first-order valence-corrected chi connectivity index (χ1v) is 5.66. The predicted octanol–water partition coefficient (Wildman–Crippen LogP) is 2.39. The first-order valence-electron chi connectivity index (χ1n) is 5.66. The van der Waals surface area contributed by atoms with E-state index in [0.29, 0.717) is 11.9 Å². The summed E-state index contributed by atoms with van der Waals surface area (Å²) in [4.78, 5) is 8.18. The molecule has 1 heterocycles. The van der Waals surface area contributed by atoms with Gasteiger partial charge in [-0.05, 0) is 18.4 Å². The highest BCUT2D eigenvalue weighted by Crippen LogP contribution is 2.12. The van der Waals surface area contributed by atoms with Crippen LogP contribution in [0.1, 0.15) is 26.7 Å². The van der Waals surface area contributed by atoms with Gasteiger partial charge in [-0.3, -0.25) is 0 Å². The van der Waals surface area contributed by atoms with Crippen LogP contribution < -0.4 is 10.6 Å². The molecule has 0 aliphatic rings. The average Bonchev–Trinajstić information content (AvgIpc) is 2.35. The Morgan fingerprint density at radius 2 is 2.12 bits per heavy atom. The molecule has 4 nitrogen and oxygen atoms in total. The van der Waals surface area contributed by atoms with Gasteiger partial charge < -0.3 is 10.6 Å². The normalized spacial score (nSPS) is 13.3. The summed E-state index contributed by atoms with van der Waals surface area (Å²) in [7, 11) is 1.93. The Morgan fingerprint density at radius 1 is 1.44 bits per heavy atom. The molecule has 0 aliphatic heterocycles. The zero-order valence-electron chi connectivity index (χ0n) is 10.2. The third-order valence-corrected chi connectivity index (χ3v) is 2.53. The van der Waals surface area contributed by atoms with Crippen LogP contribution in [0.4, 0.5) is 5.95 Å². The molecule has 1 aromatic heterocycles. The number of rotatable bonds is 6. The Balaban J connectivity index is 2.53. The van der Waals surface area contributed by atoms with E-state index in [-0.39, 0.29) is 0 Å². The molecule has 0 amide bonds. The third-order valence-electron chi connectivity index (χ3n) is 2.53. The second-order valence-corrected chi connectivity index (χ2v) is 3.85. The van der Waals surface area contributed by atoms with Crippen LogP contribution in [0.5, 0.6) is 0 Å².